The molecule has 2 N–H and O–H groups in total. The topological polar surface area (TPSA) is 26.0 Å². The van der Waals surface area contributed by atoms with Gasteiger partial charge in [0.05, 0.1) is 0 Å². The van der Waals surface area contributed by atoms with Crippen LogP contribution in [0.15, 0.2) is 24.3 Å². The summed E-state index contributed by atoms with van der Waals surface area (Å²) in [4.78, 5) is 0. The molecule has 1 aromatic carbocycles. The predicted octanol–water partition coefficient (Wildman–Crippen LogP) is 2.69. The van der Waals surface area contributed by atoms with Crippen molar-refractivity contribution >= 4 is 0 Å². The molecule has 1 aliphatic carbocycles. The molecule has 0 bridgehead atoms. The van der Waals surface area contributed by atoms with Crippen LogP contribution in [0.3, 0.4) is 0 Å². The lowest BCUT2D eigenvalue weighted by Crippen LogP contribution is -2.05. The van der Waals surface area contributed by atoms with Gasteiger partial charge in [0.15, 0.2) is 0 Å². The van der Waals surface area contributed by atoms with E-state index in [9.17, 15) is 0 Å². The van der Waals surface area contributed by atoms with Crippen LogP contribution >= 0.6 is 0 Å². The third kappa shape index (κ3) is 1.36. The molecular formula is C13H19N. The Morgan fingerprint density at radius 1 is 1.36 bits per heavy atom. The van der Waals surface area contributed by atoms with Gasteiger partial charge >= 0.3 is 0 Å². The molecule has 76 valence electrons. The minimum Gasteiger partial charge on any atom is -0.330 e. The molecule has 0 aliphatic heterocycles. The zero-order chi connectivity index (χ0) is 10.3. The van der Waals surface area contributed by atoms with E-state index in [2.05, 4.69) is 45.0 Å². The Morgan fingerprint density at radius 2 is 2.07 bits per heavy atom. The van der Waals surface area contributed by atoms with Crippen LogP contribution in [0, 0.1) is 18.3 Å². The first-order valence-electron chi connectivity index (χ1n) is 5.34. The van der Waals surface area contributed by atoms with E-state index in [1.165, 1.54) is 11.1 Å². The highest BCUT2D eigenvalue weighted by Crippen LogP contribution is 2.63. The number of rotatable bonds is 2. The van der Waals surface area contributed by atoms with Crippen molar-refractivity contribution in [2.45, 2.75) is 26.7 Å². The highest BCUT2D eigenvalue weighted by Gasteiger charge is 2.56. The summed E-state index contributed by atoms with van der Waals surface area (Å²) >= 11 is 0. The molecule has 2 atom stereocenters. The average Bonchev–Trinajstić information content (AvgIpc) is 2.68. The lowest BCUT2D eigenvalue weighted by Gasteiger charge is -2.03. The molecule has 0 radical (unpaired) electrons. The lowest BCUT2D eigenvalue weighted by molar-refractivity contribution is 0.558. The third-order valence-electron chi connectivity index (χ3n) is 3.71. The number of nitrogens with two attached hydrogens (primary N) is 1. The van der Waals surface area contributed by atoms with E-state index in [1.807, 2.05) is 0 Å². The molecule has 2 rings (SSSR count). The molecule has 0 heterocycles. The van der Waals surface area contributed by atoms with Gasteiger partial charge in [0, 0.05) is 0 Å². The SMILES string of the molecule is Cc1cccc(C2C(CN)C2(C)C)c1. The maximum absolute atomic E-state index is 5.78. The molecule has 1 saturated carbocycles. The van der Waals surface area contributed by atoms with Crippen LogP contribution in [0.1, 0.15) is 30.9 Å². The Kier molecular flexibility index (Phi) is 2.15. The quantitative estimate of drug-likeness (QED) is 0.760. The maximum atomic E-state index is 5.78. The zero-order valence-electron chi connectivity index (χ0n) is 9.25. The third-order valence-corrected chi connectivity index (χ3v) is 3.71. The van der Waals surface area contributed by atoms with Crippen molar-refractivity contribution in [3.05, 3.63) is 35.4 Å². The van der Waals surface area contributed by atoms with Gasteiger partial charge < -0.3 is 5.73 Å². The zero-order valence-corrected chi connectivity index (χ0v) is 9.25. The molecule has 0 aromatic heterocycles. The normalized spacial score (nSPS) is 28.9. The van der Waals surface area contributed by atoms with E-state index in [-0.39, 0.29) is 0 Å². The van der Waals surface area contributed by atoms with Crippen LogP contribution in [0.25, 0.3) is 0 Å². The van der Waals surface area contributed by atoms with Crippen molar-refractivity contribution in [3.8, 4) is 0 Å². The number of hydrogen-bond acceptors (Lipinski definition) is 1. The van der Waals surface area contributed by atoms with E-state index in [1.54, 1.807) is 0 Å². The molecular weight excluding hydrogens is 170 g/mol. The summed E-state index contributed by atoms with van der Waals surface area (Å²) in [6.45, 7) is 7.59. The van der Waals surface area contributed by atoms with Gasteiger partial charge in [-0.15, -0.1) is 0 Å². The smallest absolute Gasteiger partial charge is 0.00375 e. The van der Waals surface area contributed by atoms with Gasteiger partial charge in [-0.3, -0.25) is 0 Å². The van der Waals surface area contributed by atoms with Crippen molar-refractivity contribution in [2.75, 3.05) is 6.54 Å². The first-order chi connectivity index (χ1) is 6.57. The lowest BCUT2D eigenvalue weighted by atomic mass is 10.0. The van der Waals surface area contributed by atoms with Crippen LogP contribution in [0.2, 0.25) is 0 Å². The largest absolute Gasteiger partial charge is 0.330 e. The number of aryl methyl sites for hydroxylation is 1. The fourth-order valence-corrected chi connectivity index (χ4v) is 2.71. The van der Waals surface area contributed by atoms with Crippen LogP contribution in [-0.2, 0) is 0 Å². The standard InChI is InChI=1S/C13H19N/c1-9-5-4-6-10(7-9)12-11(8-14)13(12,2)3/h4-7,11-12H,8,14H2,1-3H3. The van der Waals surface area contributed by atoms with Gasteiger partial charge in [0.1, 0.15) is 0 Å². The molecule has 1 nitrogen and oxygen atoms in total. The highest BCUT2D eigenvalue weighted by atomic mass is 14.7. The minimum absolute atomic E-state index is 0.405. The number of hydrogen-bond donors (Lipinski definition) is 1. The van der Waals surface area contributed by atoms with Gasteiger partial charge in [-0.25, -0.2) is 0 Å². The summed E-state index contributed by atoms with van der Waals surface area (Å²) < 4.78 is 0. The molecule has 1 heteroatoms. The maximum Gasteiger partial charge on any atom is -0.00375 e. The monoisotopic (exact) mass is 189 g/mol. The minimum atomic E-state index is 0.405. The van der Waals surface area contributed by atoms with Crippen LogP contribution in [-0.4, -0.2) is 6.54 Å². The second-order valence-electron chi connectivity index (χ2n) is 5.06. The molecule has 14 heavy (non-hydrogen) atoms. The van der Waals surface area contributed by atoms with Crippen LogP contribution in [0.5, 0.6) is 0 Å². The molecule has 1 aromatic rings. The number of benzene rings is 1. The summed E-state index contributed by atoms with van der Waals surface area (Å²) in [6, 6.07) is 8.82. The first kappa shape index (κ1) is 9.72. The van der Waals surface area contributed by atoms with Gasteiger partial charge in [-0.1, -0.05) is 43.7 Å². The van der Waals surface area contributed by atoms with E-state index >= 15 is 0 Å². The summed E-state index contributed by atoms with van der Waals surface area (Å²) in [5, 5.41) is 0. The van der Waals surface area contributed by atoms with Gasteiger partial charge in [-0.2, -0.15) is 0 Å². The van der Waals surface area contributed by atoms with E-state index in [0.29, 0.717) is 17.3 Å². The Morgan fingerprint density at radius 3 is 2.57 bits per heavy atom. The highest BCUT2D eigenvalue weighted by molar-refractivity contribution is 5.34. The Balaban J connectivity index is 2.26. The Labute approximate surface area is 86.3 Å². The predicted molar refractivity (Wildman–Crippen MR) is 60.2 cm³/mol. The van der Waals surface area contributed by atoms with Gasteiger partial charge in [-0.05, 0) is 36.3 Å². The van der Waals surface area contributed by atoms with E-state index in [4.69, 9.17) is 5.73 Å². The molecule has 0 spiro atoms. The summed E-state index contributed by atoms with van der Waals surface area (Å²) in [7, 11) is 0. The fourth-order valence-electron chi connectivity index (χ4n) is 2.71. The molecule has 0 saturated heterocycles. The summed E-state index contributed by atoms with van der Waals surface area (Å²) in [6.07, 6.45) is 0. The van der Waals surface area contributed by atoms with Crippen molar-refractivity contribution in [2.24, 2.45) is 17.1 Å². The Bertz CT molecular complexity index is 341. The molecule has 0 amide bonds. The van der Waals surface area contributed by atoms with E-state index in [0.717, 1.165) is 6.54 Å². The molecule has 1 fully saturated rings. The van der Waals surface area contributed by atoms with Crippen LogP contribution < -0.4 is 5.73 Å². The second kappa shape index (κ2) is 3.09. The summed E-state index contributed by atoms with van der Waals surface area (Å²) in [5.74, 6) is 1.34. The van der Waals surface area contributed by atoms with Crippen molar-refractivity contribution < 1.29 is 0 Å². The average molecular weight is 189 g/mol. The summed E-state index contributed by atoms with van der Waals surface area (Å²) in [5.41, 5.74) is 8.99. The second-order valence-corrected chi connectivity index (χ2v) is 5.06. The first-order valence-corrected chi connectivity index (χ1v) is 5.34. The molecule has 2 unspecified atom stereocenters. The van der Waals surface area contributed by atoms with Gasteiger partial charge in [0.25, 0.3) is 0 Å². The van der Waals surface area contributed by atoms with Crippen molar-refractivity contribution in [1.29, 1.82) is 0 Å². The Hall–Kier alpha value is -0.820. The van der Waals surface area contributed by atoms with E-state index < -0.39 is 0 Å². The fraction of sp³-hybridized carbons (Fsp3) is 0.538. The van der Waals surface area contributed by atoms with Crippen molar-refractivity contribution in [1.82, 2.24) is 0 Å². The van der Waals surface area contributed by atoms with Gasteiger partial charge in [0.2, 0.25) is 0 Å². The molecule has 1 aliphatic rings. The van der Waals surface area contributed by atoms with Crippen LogP contribution in [0.4, 0.5) is 0 Å². The van der Waals surface area contributed by atoms with Crippen molar-refractivity contribution in [3.63, 3.8) is 0 Å².